The molecule has 0 unspecified atom stereocenters. The smallest absolute Gasteiger partial charge is 0.347 e. The second-order valence-corrected chi connectivity index (χ2v) is 6.68. The van der Waals surface area contributed by atoms with Crippen LogP contribution in [0.1, 0.15) is 24.2 Å². The molecule has 1 N–H and O–H groups in total. The van der Waals surface area contributed by atoms with Gasteiger partial charge in [-0.3, -0.25) is 9.36 Å². The van der Waals surface area contributed by atoms with Crippen LogP contribution in [0.15, 0.2) is 59.4 Å². The molecular weight excluding hydrogens is 409 g/mol. The van der Waals surface area contributed by atoms with Crippen LogP contribution in [-0.2, 0) is 11.3 Å². The molecule has 1 heterocycles. The van der Waals surface area contributed by atoms with E-state index in [4.69, 9.17) is 4.74 Å². The highest BCUT2D eigenvalue weighted by atomic mass is 35.5. The lowest BCUT2D eigenvalue weighted by molar-refractivity contribution is -0.116. The lowest BCUT2D eigenvalue weighted by Crippen LogP contribution is -2.26. The molecule has 1 aromatic heterocycles. The topological polar surface area (TPSA) is 73.2 Å². The van der Waals surface area contributed by atoms with E-state index in [0.717, 1.165) is 5.69 Å². The Kier molecular flexibility index (Phi) is 8.12. The highest BCUT2D eigenvalue weighted by Gasteiger charge is 2.10. The molecule has 6 nitrogen and oxygen atoms in total. The predicted octanol–water partition coefficient (Wildman–Crippen LogP) is 4.63. The summed E-state index contributed by atoms with van der Waals surface area (Å²) in [7, 11) is 0. The minimum atomic E-state index is -0.350. The van der Waals surface area contributed by atoms with Crippen molar-refractivity contribution in [3.63, 3.8) is 0 Å². The van der Waals surface area contributed by atoms with Gasteiger partial charge in [-0.2, -0.15) is 4.98 Å². The van der Waals surface area contributed by atoms with Crippen molar-refractivity contribution in [2.24, 2.45) is 0 Å². The number of aromatic nitrogens is 2. The van der Waals surface area contributed by atoms with Crippen molar-refractivity contribution in [3.05, 3.63) is 82.3 Å². The van der Waals surface area contributed by atoms with Gasteiger partial charge in [-0.1, -0.05) is 12.1 Å². The molecule has 0 aliphatic heterocycles. The molecule has 0 atom stereocenters. The van der Waals surface area contributed by atoms with Crippen LogP contribution in [0.25, 0.3) is 0 Å². The molecule has 0 spiro atoms. The van der Waals surface area contributed by atoms with Crippen molar-refractivity contribution < 1.29 is 13.9 Å². The van der Waals surface area contributed by atoms with Gasteiger partial charge in [-0.15, -0.1) is 12.4 Å². The normalized spacial score (nSPS) is 10.2. The van der Waals surface area contributed by atoms with E-state index < -0.39 is 0 Å². The molecule has 8 heteroatoms. The van der Waals surface area contributed by atoms with Crippen LogP contribution in [0.3, 0.4) is 0 Å². The van der Waals surface area contributed by atoms with Crippen LogP contribution in [-0.4, -0.2) is 15.5 Å². The fraction of sp³-hybridized carbons (Fsp3) is 0.227. The third kappa shape index (κ3) is 6.15. The molecule has 0 aliphatic carbocycles. The largest absolute Gasteiger partial charge is 0.455 e. The van der Waals surface area contributed by atoms with E-state index in [1.165, 1.54) is 24.3 Å². The third-order valence-electron chi connectivity index (χ3n) is 4.33. The number of nitrogens with one attached hydrogen (secondary N) is 1. The fourth-order valence-electron chi connectivity index (χ4n) is 2.95. The summed E-state index contributed by atoms with van der Waals surface area (Å²) in [6, 6.07) is 14.5. The van der Waals surface area contributed by atoms with Crippen molar-refractivity contribution in [1.29, 1.82) is 0 Å². The van der Waals surface area contributed by atoms with Gasteiger partial charge in [0.05, 0.1) is 5.69 Å². The summed E-state index contributed by atoms with van der Waals surface area (Å²) < 4.78 is 20.4. The quantitative estimate of drug-likeness (QED) is 0.591. The highest BCUT2D eigenvalue weighted by Crippen LogP contribution is 2.29. The first kappa shape index (κ1) is 23.1. The lowest BCUT2D eigenvalue weighted by Gasteiger charge is -2.13. The van der Waals surface area contributed by atoms with Gasteiger partial charge in [0.1, 0.15) is 11.6 Å². The highest BCUT2D eigenvalue weighted by molar-refractivity contribution is 5.92. The van der Waals surface area contributed by atoms with Crippen molar-refractivity contribution in [1.82, 2.24) is 9.55 Å². The molecule has 30 heavy (non-hydrogen) atoms. The summed E-state index contributed by atoms with van der Waals surface area (Å²) in [5.74, 6) is 0.389. The zero-order valence-corrected chi connectivity index (χ0v) is 17.5. The van der Waals surface area contributed by atoms with Crippen LogP contribution in [0, 0.1) is 19.7 Å². The maximum absolute atomic E-state index is 13.0. The molecule has 0 bridgehead atoms. The number of anilines is 1. The fourth-order valence-corrected chi connectivity index (χ4v) is 2.95. The minimum absolute atomic E-state index is 0. The first-order valence-corrected chi connectivity index (χ1v) is 9.30. The molecule has 0 aliphatic rings. The SMILES string of the molecule is Cc1cc(C)n(CCCC(=O)Nc2ccccc2Oc2ccc(F)cc2)c(=O)n1.Cl. The van der Waals surface area contributed by atoms with Crippen LogP contribution in [0.4, 0.5) is 10.1 Å². The Bertz CT molecular complexity index is 1070. The summed E-state index contributed by atoms with van der Waals surface area (Å²) in [5, 5.41) is 2.83. The molecule has 0 radical (unpaired) electrons. The number of hydrogen-bond donors (Lipinski definition) is 1. The molecule has 3 aromatic rings. The number of amides is 1. The Morgan fingerprint density at radius 1 is 1.13 bits per heavy atom. The number of carbonyl (C=O) groups is 1. The number of ether oxygens (including phenoxy) is 1. The van der Waals surface area contributed by atoms with Crippen LogP contribution >= 0.6 is 12.4 Å². The molecule has 2 aromatic carbocycles. The summed E-state index contributed by atoms with van der Waals surface area (Å²) in [4.78, 5) is 28.3. The van der Waals surface area contributed by atoms with E-state index in [-0.39, 0.29) is 36.2 Å². The van der Waals surface area contributed by atoms with Gasteiger partial charge in [0.15, 0.2) is 5.75 Å². The summed E-state index contributed by atoms with van der Waals surface area (Å²) in [6.07, 6.45) is 0.739. The number of rotatable bonds is 7. The third-order valence-corrected chi connectivity index (χ3v) is 4.33. The van der Waals surface area contributed by atoms with E-state index in [0.29, 0.717) is 35.8 Å². The van der Waals surface area contributed by atoms with Gasteiger partial charge in [-0.25, -0.2) is 9.18 Å². The summed E-state index contributed by atoms with van der Waals surface area (Å²) in [6.45, 7) is 4.04. The number of benzene rings is 2. The number of aryl methyl sites for hydroxylation is 2. The molecule has 0 saturated heterocycles. The second kappa shape index (κ2) is 10.5. The van der Waals surface area contributed by atoms with Gasteiger partial charge in [0.2, 0.25) is 5.91 Å². The summed E-state index contributed by atoms with van der Waals surface area (Å²) in [5.41, 5.74) is 1.72. The molecule has 158 valence electrons. The van der Waals surface area contributed by atoms with Crippen molar-refractivity contribution >= 4 is 24.0 Å². The standard InChI is InChI=1S/C22H22FN3O3.ClH/c1-15-14-16(2)26(22(28)24-15)13-5-8-21(27)25-19-6-3-4-7-20(19)29-18-11-9-17(23)10-12-18;/h3-4,6-7,9-12,14H,5,8,13H2,1-2H3,(H,25,27);1H. The molecule has 1 amide bonds. The Labute approximate surface area is 180 Å². The van der Waals surface area contributed by atoms with E-state index in [2.05, 4.69) is 10.3 Å². The number of hydrogen-bond acceptors (Lipinski definition) is 4. The summed E-state index contributed by atoms with van der Waals surface area (Å²) >= 11 is 0. The Morgan fingerprint density at radius 2 is 1.83 bits per heavy atom. The molecular formula is C22H23ClFN3O3. The predicted molar refractivity (Wildman–Crippen MR) is 116 cm³/mol. The van der Waals surface area contributed by atoms with Gasteiger partial charge < -0.3 is 10.1 Å². The monoisotopic (exact) mass is 431 g/mol. The Morgan fingerprint density at radius 3 is 2.53 bits per heavy atom. The van der Waals surface area contributed by atoms with Crippen molar-refractivity contribution in [3.8, 4) is 11.5 Å². The molecule has 0 saturated carbocycles. The zero-order valence-electron chi connectivity index (χ0n) is 16.7. The lowest BCUT2D eigenvalue weighted by atomic mass is 10.2. The van der Waals surface area contributed by atoms with Crippen molar-refractivity contribution in [2.45, 2.75) is 33.2 Å². The second-order valence-electron chi connectivity index (χ2n) is 6.68. The zero-order chi connectivity index (χ0) is 20.8. The van der Waals surface area contributed by atoms with Crippen LogP contribution in [0.5, 0.6) is 11.5 Å². The van der Waals surface area contributed by atoms with Gasteiger partial charge in [0.25, 0.3) is 0 Å². The van der Waals surface area contributed by atoms with E-state index in [1.807, 2.05) is 13.0 Å². The van der Waals surface area contributed by atoms with E-state index in [1.54, 1.807) is 35.8 Å². The van der Waals surface area contributed by atoms with Gasteiger partial charge in [-0.05, 0) is 62.7 Å². The van der Waals surface area contributed by atoms with Crippen molar-refractivity contribution in [2.75, 3.05) is 5.32 Å². The molecule has 0 fully saturated rings. The maximum atomic E-state index is 13.0. The first-order chi connectivity index (χ1) is 13.9. The Hall–Kier alpha value is -3.19. The van der Waals surface area contributed by atoms with Crippen LogP contribution < -0.4 is 15.7 Å². The van der Waals surface area contributed by atoms with Gasteiger partial charge >= 0.3 is 5.69 Å². The number of nitrogens with zero attached hydrogens (tertiary/aromatic N) is 2. The van der Waals surface area contributed by atoms with E-state index >= 15 is 0 Å². The Balaban J connectivity index is 0.00000320. The molecule has 3 rings (SSSR count). The number of halogens is 2. The average molecular weight is 432 g/mol. The first-order valence-electron chi connectivity index (χ1n) is 9.30. The van der Waals surface area contributed by atoms with E-state index in [9.17, 15) is 14.0 Å². The number of carbonyl (C=O) groups excluding carboxylic acids is 1. The minimum Gasteiger partial charge on any atom is -0.455 e. The maximum Gasteiger partial charge on any atom is 0.347 e. The van der Waals surface area contributed by atoms with Gasteiger partial charge in [0, 0.05) is 24.4 Å². The average Bonchev–Trinajstić information content (AvgIpc) is 2.67. The number of para-hydroxylation sites is 2. The van der Waals surface area contributed by atoms with Crippen LogP contribution in [0.2, 0.25) is 0 Å².